The van der Waals surface area contributed by atoms with E-state index in [9.17, 15) is 13.2 Å². The van der Waals surface area contributed by atoms with Gasteiger partial charge in [-0.25, -0.2) is 0 Å². The molecule has 1 aromatic heterocycles. The lowest BCUT2D eigenvalue weighted by Gasteiger charge is -2.36. The molecule has 2 rings (SSSR count). The van der Waals surface area contributed by atoms with Gasteiger partial charge in [0.05, 0.1) is 5.92 Å². The maximum absolute atomic E-state index is 13.1. The SMILES string of the molecule is NC(Cc1ccc(Br)cn1)C1CCCCC1C(F)(F)F. The van der Waals surface area contributed by atoms with Crippen molar-refractivity contribution in [1.29, 1.82) is 0 Å². The molecular formula is C14H18BrF3N2. The van der Waals surface area contributed by atoms with Crippen LogP contribution in [0, 0.1) is 11.8 Å². The van der Waals surface area contributed by atoms with E-state index in [0.717, 1.165) is 16.6 Å². The minimum absolute atomic E-state index is 0.204. The Morgan fingerprint density at radius 3 is 2.60 bits per heavy atom. The van der Waals surface area contributed by atoms with Gasteiger partial charge in [0.25, 0.3) is 0 Å². The highest BCUT2D eigenvalue weighted by Gasteiger charge is 2.47. The van der Waals surface area contributed by atoms with Crippen molar-refractivity contribution in [2.75, 3.05) is 0 Å². The largest absolute Gasteiger partial charge is 0.392 e. The first-order chi connectivity index (χ1) is 9.38. The summed E-state index contributed by atoms with van der Waals surface area (Å²) in [6.07, 6.45) is 0.130. The molecule has 112 valence electrons. The average Bonchev–Trinajstić information content (AvgIpc) is 2.40. The number of hydrogen-bond acceptors (Lipinski definition) is 2. The summed E-state index contributed by atoms with van der Waals surface area (Å²) in [4.78, 5) is 4.19. The molecule has 1 aromatic rings. The lowest BCUT2D eigenvalue weighted by atomic mass is 9.74. The van der Waals surface area contributed by atoms with E-state index >= 15 is 0 Å². The molecular weight excluding hydrogens is 333 g/mol. The van der Waals surface area contributed by atoms with E-state index in [4.69, 9.17) is 5.73 Å². The van der Waals surface area contributed by atoms with Gasteiger partial charge < -0.3 is 5.73 Å². The molecule has 6 heteroatoms. The second kappa shape index (κ2) is 6.43. The second-order valence-corrected chi connectivity index (χ2v) is 6.35. The molecule has 20 heavy (non-hydrogen) atoms. The van der Waals surface area contributed by atoms with Crippen molar-refractivity contribution in [1.82, 2.24) is 4.98 Å². The molecule has 0 aromatic carbocycles. The third-order valence-electron chi connectivity index (χ3n) is 4.02. The maximum atomic E-state index is 13.1. The molecule has 0 aliphatic heterocycles. The van der Waals surface area contributed by atoms with Crippen molar-refractivity contribution in [3.05, 3.63) is 28.5 Å². The fraction of sp³-hybridized carbons (Fsp3) is 0.643. The van der Waals surface area contributed by atoms with Crippen LogP contribution in [-0.4, -0.2) is 17.2 Å². The first-order valence-electron chi connectivity index (χ1n) is 6.80. The Bertz CT molecular complexity index is 433. The van der Waals surface area contributed by atoms with Crippen LogP contribution in [0.4, 0.5) is 13.2 Å². The number of nitrogens with two attached hydrogens (primary N) is 1. The number of nitrogens with zero attached hydrogens (tertiary/aromatic N) is 1. The summed E-state index contributed by atoms with van der Waals surface area (Å²) in [7, 11) is 0. The van der Waals surface area contributed by atoms with Gasteiger partial charge in [0, 0.05) is 28.8 Å². The van der Waals surface area contributed by atoms with Gasteiger partial charge in [-0.2, -0.15) is 13.2 Å². The van der Waals surface area contributed by atoms with E-state index in [1.165, 1.54) is 0 Å². The number of aromatic nitrogens is 1. The van der Waals surface area contributed by atoms with Gasteiger partial charge >= 0.3 is 6.18 Å². The molecule has 1 aliphatic rings. The highest BCUT2D eigenvalue weighted by molar-refractivity contribution is 9.10. The minimum atomic E-state index is -4.14. The van der Waals surface area contributed by atoms with Crippen molar-refractivity contribution in [3.63, 3.8) is 0 Å². The van der Waals surface area contributed by atoms with Crippen LogP contribution < -0.4 is 5.73 Å². The van der Waals surface area contributed by atoms with Crippen LogP contribution in [0.3, 0.4) is 0 Å². The summed E-state index contributed by atoms with van der Waals surface area (Å²) in [6, 6.07) is 3.14. The molecule has 0 bridgehead atoms. The van der Waals surface area contributed by atoms with Gasteiger partial charge in [-0.15, -0.1) is 0 Å². The topological polar surface area (TPSA) is 38.9 Å². The molecule has 0 radical (unpaired) electrons. The van der Waals surface area contributed by atoms with Crippen LogP contribution in [0.2, 0.25) is 0 Å². The fourth-order valence-corrected chi connectivity index (χ4v) is 3.23. The summed E-state index contributed by atoms with van der Waals surface area (Å²) < 4.78 is 40.0. The number of halogens is 4. The zero-order valence-corrected chi connectivity index (χ0v) is 12.6. The zero-order chi connectivity index (χ0) is 14.8. The number of alkyl halides is 3. The quantitative estimate of drug-likeness (QED) is 0.891. The van der Waals surface area contributed by atoms with Crippen LogP contribution in [0.5, 0.6) is 0 Å². The molecule has 1 heterocycles. The summed E-state index contributed by atoms with van der Waals surface area (Å²) >= 11 is 3.28. The summed E-state index contributed by atoms with van der Waals surface area (Å²) in [5, 5.41) is 0. The van der Waals surface area contributed by atoms with Gasteiger partial charge in [-0.05, 0) is 46.8 Å². The van der Waals surface area contributed by atoms with Crippen molar-refractivity contribution in [2.45, 2.75) is 44.3 Å². The Morgan fingerprint density at radius 2 is 2.00 bits per heavy atom. The fourth-order valence-electron chi connectivity index (χ4n) is 3.00. The van der Waals surface area contributed by atoms with E-state index in [1.54, 1.807) is 12.3 Å². The second-order valence-electron chi connectivity index (χ2n) is 5.43. The normalized spacial score (nSPS) is 25.4. The first kappa shape index (κ1) is 15.8. The highest BCUT2D eigenvalue weighted by atomic mass is 79.9. The average molecular weight is 351 g/mol. The molecule has 0 saturated heterocycles. The summed E-state index contributed by atoms with van der Waals surface area (Å²) in [5.41, 5.74) is 6.80. The van der Waals surface area contributed by atoms with Gasteiger partial charge in [-0.1, -0.05) is 12.8 Å². The van der Waals surface area contributed by atoms with Crippen LogP contribution in [-0.2, 0) is 6.42 Å². The molecule has 1 fully saturated rings. The van der Waals surface area contributed by atoms with E-state index < -0.39 is 24.1 Å². The van der Waals surface area contributed by atoms with Crippen molar-refractivity contribution in [3.8, 4) is 0 Å². The van der Waals surface area contributed by atoms with Gasteiger partial charge in [-0.3, -0.25) is 4.98 Å². The smallest absolute Gasteiger partial charge is 0.327 e. The Kier molecular flexibility index (Phi) is 5.07. The van der Waals surface area contributed by atoms with E-state index in [0.29, 0.717) is 19.3 Å². The van der Waals surface area contributed by atoms with Crippen LogP contribution in [0.25, 0.3) is 0 Å². The molecule has 2 N–H and O–H groups in total. The molecule has 3 unspecified atom stereocenters. The van der Waals surface area contributed by atoms with E-state index in [1.807, 2.05) is 6.07 Å². The Labute approximate surface area is 125 Å². The Morgan fingerprint density at radius 1 is 1.30 bits per heavy atom. The molecule has 1 aliphatic carbocycles. The summed E-state index contributed by atoms with van der Waals surface area (Å²) in [5.74, 6) is -1.75. The van der Waals surface area contributed by atoms with E-state index in [-0.39, 0.29) is 6.42 Å². The molecule has 1 saturated carbocycles. The first-order valence-corrected chi connectivity index (χ1v) is 7.60. The predicted molar refractivity (Wildman–Crippen MR) is 75.1 cm³/mol. The summed E-state index contributed by atoms with van der Waals surface area (Å²) in [6.45, 7) is 0. The maximum Gasteiger partial charge on any atom is 0.392 e. The Hall–Kier alpha value is -0.620. The van der Waals surface area contributed by atoms with Crippen LogP contribution in [0.15, 0.2) is 22.8 Å². The van der Waals surface area contributed by atoms with Crippen LogP contribution >= 0.6 is 15.9 Å². The molecule has 3 atom stereocenters. The van der Waals surface area contributed by atoms with Gasteiger partial charge in [0.1, 0.15) is 0 Å². The van der Waals surface area contributed by atoms with Crippen molar-refractivity contribution >= 4 is 15.9 Å². The zero-order valence-electron chi connectivity index (χ0n) is 11.0. The van der Waals surface area contributed by atoms with Gasteiger partial charge in [0.15, 0.2) is 0 Å². The highest BCUT2D eigenvalue weighted by Crippen LogP contribution is 2.42. The lowest BCUT2D eigenvalue weighted by Crippen LogP contribution is -2.44. The predicted octanol–water partition coefficient (Wildman–Crippen LogP) is 4.08. The number of rotatable bonds is 3. The number of pyridine rings is 1. The monoisotopic (exact) mass is 350 g/mol. The van der Waals surface area contributed by atoms with Crippen LogP contribution in [0.1, 0.15) is 31.4 Å². The van der Waals surface area contributed by atoms with Crippen molar-refractivity contribution < 1.29 is 13.2 Å². The molecule has 0 spiro atoms. The third-order valence-corrected chi connectivity index (χ3v) is 4.49. The Balaban J connectivity index is 2.06. The lowest BCUT2D eigenvalue weighted by molar-refractivity contribution is -0.198. The van der Waals surface area contributed by atoms with Gasteiger partial charge in [0.2, 0.25) is 0 Å². The molecule has 0 amide bonds. The standard InChI is InChI=1S/C14H18BrF3N2/c15-9-5-6-10(20-8-9)7-13(19)11-3-1-2-4-12(11)14(16,17)18/h5-6,8,11-13H,1-4,7,19H2. The minimum Gasteiger partial charge on any atom is -0.327 e. The third kappa shape index (κ3) is 3.95. The van der Waals surface area contributed by atoms with Crippen molar-refractivity contribution in [2.24, 2.45) is 17.6 Å². The van der Waals surface area contributed by atoms with E-state index in [2.05, 4.69) is 20.9 Å². The number of hydrogen-bond donors (Lipinski definition) is 1. The molecule has 2 nitrogen and oxygen atoms in total.